The number of rotatable bonds is 8. The molecule has 0 aliphatic heterocycles. The molecule has 6 heteroatoms. The van der Waals surface area contributed by atoms with Gasteiger partial charge in [0.2, 0.25) is 0 Å². The third kappa shape index (κ3) is 5.96. The third-order valence-electron chi connectivity index (χ3n) is 4.07. The van der Waals surface area contributed by atoms with E-state index in [9.17, 15) is 4.79 Å². The van der Waals surface area contributed by atoms with E-state index in [-0.39, 0.29) is 11.0 Å². The lowest BCUT2D eigenvalue weighted by Gasteiger charge is -2.21. The van der Waals surface area contributed by atoms with Gasteiger partial charge in [-0.3, -0.25) is 10.1 Å². The molecule has 5 nitrogen and oxygen atoms in total. The van der Waals surface area contributed by atoms with Crippen LogP contribution in [0.1, 0.15) is 37.6 Å². The number of hydrogen-bond donors (Lipinski definition) is 2. The molecular formula is C21H27N3O2S. The Labute approximate surface area is 166 Å². The highest BCUT2D eigenvalue weighted by atomic mass is 32.1. The first kappa shape index (κ1) is 20.7. The Balaban J connectivity index is 1.98. The molecule has 0 heterocycles. The maximum atomic E-state index is 12.5. The second-order valence-electron chi connectivity index (χ2n) is 5.97. The zero-order valence-corrected chi connectivity index (χ0v) is 16.9. The minimum atomic E-state index is -0.293. The van der Waals surface area contributed by atoms with E-state index in [1.54, 1.807) is 18.2 Å². The van der Waals surface area contributed by atoms with Gasteiger partial charge in [0, 0.05) is 24.5 Å². The summed E-state index contributed by atoms with van der Waals surface area (Å²) in [6.07, 6.45) is 0.874. The van der Waals surface area contributed by atoms with Crippen molar-refractivity contribution in [2.45, 2.75) is 27.2 Å². The van der Waals surface area contributed by atoms with Crippen molar-refractivity contribution in [1.82, 2.24) is 5.32 Å². The number of para-hydroxylation sites is 1. The Kier molecular flexibility index (Phi) is 8.07. The molecule has 2 aromatic rings. The van der Waals surface area contributed by atoms with Crippen molar-refractivity contribution in [2.24, 2.45) is 0 Å². The van der Waals surface area contributed by atoms with Crippen LogP contribution in [0.25, 0.3) is 0 Å². The van der Waals surface area contributed by atoms with Crippen LogP contribution in [-0.4, -0.2) is 30.7 Å². The summed E-state index contributed by atoms with van der Waals surface area (Å²) in [4.78, 5) is 14.8. The standard InChI is InChI=1S/C21H27N3O2S/c1-4-15-26-19-10-8-7-9-18(19)20(25)23-21(27)22-16-11-13-17(14-12-16)24(5-2)6-3/h7-14H,4-6,15H2,1-3H3,(H2,22,23,25,27). The lowest BCUT2D eigenvalue weighted by atomic mass is 10.2. The van der Waals surface area contributed by atoms with Crippen LogP contribution in [0, 0.1) is 0 Å². The summed E-state index contributed by atoms with van der Waals surface area (Å²) < 4.78 is 5.63. The first-order valence-electron chi connectivity index (χ1n) is 9.28. The van der Waals surface area contributed by atoms with Gasteiger partial charge in [-0.2, -0.15) is 0 Å². The number of benzene rings is 2. The number of ether oxygens (including phenoxy) is 1. The van der Waals surface area contributed by atoms with Gasteiger partial charge in [0.15, 0.2) is 5.11 Å². The molecule has 0 atom stereocenters. The van der Waals surface area contributed by atoms with Crippen molar-refractivity contribution in [3.05, 3.63) is 54.1 Å². The van der Waals surface area contributed by atoms with Crippen molar-refractivity contribution in [3.63, 3.8) is 0 Å². The van der Waals surface area contributed by atoms with Gasteiger partial charge in [-0.25, -0.2) is 0 Å². The molecule has 0 radical (unpaired) electrons. The van der Waals surface area contributed by atoms with Crippen LogP contribution in [0.4, 0.5) is 11.4 Å². The molecule has 27 heavy (non-hydrogen) atoms. The molecule has 0 fully saturated rings. The molecule has 0 spiro atoms. The van der Waals surface area contributed by atoms with Gasteiger partial charge in [-0.15, -0.1) is 0 Å². The van der Waals surface area contributed by atoms with Crippen LogP contribution < -0.4 is 20.3 Å². The Morgan fingerprint density at radius 3 is 2.33 bits per heavy atom. The number of carbonyl (C=O) groups excluding carboxylic acids is 1. The topological polar surface area (TPSA) is 53.6 Å². The van der Waals surface area contributed by atoms with Crippen molar-refractivity contribution in [2.75, 3.05) is 29.9 Å². The molecule has 2 aromatic carbocycles. The Hall–Kier alpha value is -2.60. The fourth-order valence-corrected chi connectivity index (χ4v) is 2.88. The average Bonchev–Trinajstić information content (AvgIpc) is 2.68. The van der Waals surface area contributed by atoms with Crippen molar-refractivity contribution >= 4 is 34.6 Å². The Morgan fingerprint density at radius 1 is 1.04 bits per heavy atom. The zero-order valence-electron chi connectivity index (χ0n) is 16.1. The Morgan fingerprint density at radius 2 is 1.70 bits per heavy atom. The van der Waals surface area contributed by atoms with E-state index in [4.69, 9.17) is 17.0 Å². The predicted molar refractivity (Wildman–Crippen MR) is 116 cm³/mol. The molecular weight excluding hydrogens is 358 g/mol. The number of amides is 1. The van der Waals surface area contributed by atoms with E-state index in [0.29, 0.717) is 17.9 Å². The second-order valence-corrected chi connectivity index (χ2v) is 6.38. The largest absolute Gasteiger partial charge is 0.493 e. The van der Waals surface area contributed by atoms with E-state index in [1.807, 2.05) is 37.3 Å². The minimum Gasteiger partial charge on any atom is -0.493 e. The quantitative estimate of drug-likeness (QED) is 0.658. The van der Waals surface area contributed by atoms with E-state index in [0.717, 1.165) is 30.9 Å². The molecule has 0 aliphatic carbocycles. The van der Waals surface area contributed by atoms with Gasteiger partial charge in [0.1, 0.15) is 5.75 Å². The third-order valence-corrected chi connectivity index (χ3v) is 4.28. The molecule has 0 saturated heterocycles. The van der Waals surface area contributed by atoms with Crippen LogP contribution in [0.15, 0.2) is 48.5 Å². The van der Waals surface area contributed by atoms with Crippen LogP contribution >= 0.6 is 12.2 Å². The van der Waals surface area contributed by atoms with Gasteiger partial charge < -0.3 is 15.0 Å². The molecule has 2 N–H and O–H groups in total. The highest BCUT2D eigenvalue weighted by Crippen LogP contribution is 2.19. The van der Waals surface area contributed by atoms with Crippen molar-refractivity contribution in [1.29, 1.82) is 0 Å². The van der Waals surface area contributed by atoms with Crippen LogP contribution in [0.3, 0.4) is 0 Å². The highest BCUT2D eigenvalue weighted by molar-refractivity contribution is 7.80. The van der Waals surface area contributed by atoms with Crippen LogP contribution in [-0.2, 0) is 0 Å². The van der Waals surface area contributed by atoms with Gasteiger partial charge >= 0.3 is 0 Å². The number of hydrogen-bond acceptors (Lipinski definition) is 4. The van der Waals surface area contributed by atoms with E-state index >= 15 is 0 Å². The first-order chi connectivity index (χ1) is 13.1. The minimum absolute atomic E-state index is 0.251. The fourth-order valence-electron chi connectivity index (χ4n) is 2.67. The number of anilines is 2. The Bertz CT molecular complexity index is 758. The monoisotopic (exact) mass is 385 g/mol. The van der Waals surface area contributed by atoms with E-state index < -0.39 is 0 Å². The summed E-state index contributed by atoms with van der Waals surface area (Å²) in [7, 11) is 0. The molecule has 0 aromatic heterocycles. The van der Waals surface area contributed by atoms with Crippen molar-refractivity contribution in [3.8, 4) is 5.75 Å². The first-order valence-corrected chi connectivity index (χ1v) is 9.69. The molecule has 144 valence electrons. The maximum absolute atomic E-state index is 12.5. The fraction of sp³-hybridized carbons (Fsp3) is 0.333. The number of nitrogens with zero attached hydrogens (tertiary/aromatic N) is 1. The van der Waals surface area contributed by atoms with Gasteiger partial charge in [-0.05, 0) is 68.9 Å². The zero-order chi connectivity index (χ0) is 19.6. The average molecular weight is 386 g/mol. The summed E-state index contributed by atoms with van der Waals surface area (Å²) in [5.41, 5.74) is 2.45. The van der Waals surface area contributed by atoms with Gasteiger partial charge in [0.25, 0.3) is 5.91 Å². The second kappa shape index (κ2) is 10.5. The number of carbonyl (C=O) groups is 1. The predicted octanol–water partition coefficient (Wildman–Crippen LogP) is 4.45. The summed E-state index contributed by atoms with van der Waals surface area (Å²) in [6, 6.07) is 15.1. The van der Waals surface area contributed by atoms with Gasteiger partial charge in [-0.1, -0.05) is 19.1 Å². The summed E-state index contributed by atoms with van der Waals surface area (Å²) >= 11 is 5.28. The SMILES string of the molecule is CCCOc1ccccc1C(=O)NC(=S)Nc1ccc(N(CC)CC)cc1. The van der Waals surface area contributed by atoms with Crippen LogP contribution in [0.2, 0.25) is 0 Å². The summed E-state index contributed by atoms with van der Waals surface area (Å²) in [5.74, 6) is 0.266. The van der Waals surface area contributed by atoms with Gasteiger partial charge in [0.05, 0.1) is 12.2 Å². The van der Waals surface area contributed by atoms with Crippen LogP contribution in [0.5, 0.6) is 5.75 Å². The maximum Gasteiger partial charge on any atom is 0.261 e. The lowest BCUT2D eigenvalue weighted by molar-refractivity contribution is 0.0973. The smallest absolute Gasteiger partial charge is 0.261 e. The highest BCUT2D eigenvalue weighted by Gasteiger charge is 2.13. The molecule has 0 saturated carbocycles. The van der Waals surface area contributed by atoms with E-state index in [2.05, 4.69) is 29.4 Å². The molecule has 0 aliphatic rings. The summed E-state index contributed by atoms with van der Waals surface area (Å²) in [5, 5.41) is 6.01. The molecule has 0 bridgehead atoms. The molecule has 0 unspecified atom stereocenters. The number of nitrogens with one attached hydrogen (secondary N) is 2. The normalized spacial score (nSPS) is 10.2. The van der Waals surface area contributed by atoms with Crippen molar-refractivity contribution < 1.29 is 9.53 Å². The summed E-state index contributed by atoms with van der Waals surface area (Å²) in [6.45, 7) is 8.75. The molecule has 2 rings (SSSR count). The lowest BCUT2D eigenvalue weighted by Crippen LogP contribution is -2.34. The van der Waals surface area contributed by atoms with E-state index in [1.165, 1.54) is 0 Å². The number of thiocarbonyl (C=S) groups is 1. The molecule has 1 amide bonds.